The van der Waals surface area contributed by atoms with Crippen molar-refractivity contribution in [3.63, 3.8) is 0 Å². The number of aromatic nitrogens is 2. The molecule has 1 aliphatic heterocycles. The van der Waals surface area contributed by atoms with Crippen molar-refractivity contribution in [1.29, 1.82) is 0 Å². The van der Waals surface area contributed by atoms with Crippen molar-refractivity contribution in [2.75, 3.05) is 13.1 Å². The van der Waals surface area contributed by atoms with E-state index in [0.717, 1.165) is 37.0 Å². The molecule has 1 fully saturated rings. The van der Waals surface area contributed by atoms with Gasteiger partial charge in [0.1, 0.15) is 5.82 Å². The van der Waals surface area contributed by atoms with Crippen LogP contribution in [0.3, 0.4) is 0 Å². The molecule has 84 valence electrons. The molecule has 1 saturated heterocycles. The van der Waals surface area contributed by atoms with Crippen molar-refractivity contribution in [2.45, 2.75) is 18.9 Å². The third-order valence-corrected chi connectivity index (χ3v) is 3.24. The highest BCUT2D eigenvalue weighted by Crippen LogP contribution is 2.24. The molecule has 3 rings (SSSR count). The number of piperidine rings is 1. The van der Waals surface area contributed by atoms with E-state index in [1.807, 2.05) is 12.4 Å². The number of rotatable bonds is 1. The van der Waals surface area contributed by atoms with Gasteiger partial charge in [0.15, 0.2) is 0 Å². The van der Waals surface area contributed by atoms with Crippen LogP contribution in [0.25, 0.3) is 11.0 Å². The summed E-state index contributed by atoms with van der Waals surface area (Å²) >= 11 is 0. The van der Waals surface area contributed by atoms with Crippen molar-refractivity contribution in [2.24, 2.45) is 0 Å². The van der Waals surface area contributed by atoms with Gasteiger partial charge in [-0.05, 0) is 38.1 Å². The Bertz CT molecular complexity index is 500. The van der Waals surface area contributed by atoms with E-state index in [0.29, 0.717) is 6.04 Å². The van der Waals surface area contributed by atoms with E-state index >= 15 is 0 Å². The number of hydrogen-bond acceptors (Lipinski definition) is 2. The average molecular weight is 219 g/mol. The minimum Gasteiger partial charge on any atom is -0.327 e. The summed E-state index contributed by atoms with van der Waals surface area (Å²) < 4.78 is 15.2. The van der Waals surface area contributed by atoms with E-state index in [1.165, 1.54) is 12.1 Å². The maximum absolute atomic E-state index is 13.0. The summed E-state index contributed by atoms with van der Waals surface area (Å²) in [6.07, 6.45) is 4.06. The Morgan fingerprint density at radius 3 is 2.94 bits per heavy atom. The summed E-state index contributed by atoms with van der Waals surface area (Å²) in [6, 6.07) is 5.31. The van der Waals surface area contributed by atoms with Gasteiger partial charge in [-0.1, -0.05) is 0 Å². The Morgan fingerprint density at radius 2 is 2.12 bits per heavy atom. The molecule has 1 aromatic carbocycles. The fourth-order valence-electron chi connectivity index (χ4n) is 2.38. The predicted octanol–water partition coefficient (Wildman–Crippen LogP) is 2.10. The second kappa shape index (κ2) is 3.87. The first-order chi connectivity index (χ1) is 7.84. The number of imidazole rings is 1. The van der Waals surface area contributed by atoms with Gasteiger partial charge in [-0.3, -0.25) is 0 Å². The van der Waals surface area contributed by atoms with Gasteiger partial charge in [-0.2, -0.15) is 0 Å². The summed E-state index contributed by atoms with van der Waals surface area (Å²) in [5, 5.41) is 3.34. The number of fused-ring (bicyclic) bond motifs is 1. The zero-order chi connectivity index (χ0) is 11.0. The Labute approximate surface area is 93.3 Å². The van der Waals surface area contributed by atoms with Crippen molar-refractivity contribution >= 4 is 11.0 Å². The Hall–Kier alpha value is -1.42. The highest BCUT2D eigenvalue weighted by Gasteiger charge is 2.16. The van der Waals surface area contributed by atoms with Gasteiger partial charge in [0.2, 0.25) is 0 Å². The second-order valence-corrected chi connectivity index (χ2v) is 4.27. The predicted molar refractivity (Wildman–Crippen MR) is 60.8 cm³/mol. The molecule has 0 radical (unpaired) electrons. The molecular weight excluding hydrogens is 205 g/mol. The van der Waals surface area contributed by atoms with Gasteiger partial charge < -0.3 is 9.88 Å². The molecule has 0 spiro atoms. The first-order valence-electron chi connectivity index (χ1n) is 5.67. The van der Waals surface area contributed by atoms with Crippen molar-refractivity contribution < 1.29 is 4.39 Å². The molecule has 1 aromatic heterocycles. The number of hydrogen-bond donors (Lipinski definition) is 1. The Morgan fingerprint density at radius 1 is 1.31 bits per heavy atom. The monoisotopic (exact) mass is 219 g/mol. The topological polar surface area (TPSA) is 29.9 Å². The van der Waals surface area contributed by atoms with E-state index in [9.17, 15) is 4.39 Å². The SMILES string of the molecule is Fc1ccc2c(c1)ncn2C1CCNCC1. The molecule has 0 aliphatic carbocycles. The quantitative estimate of drug-likeness (QED) is 0.796. The second-order valence-electron chi connectivity index (χ2n) is 4.27. The lowest BCUT2D eigenvalue weighted by atomic mass is 10.1. The zero-order valence-electron chi connectivity index (χ0n) is 8.99. The van der Waals surface area contributed by atoms with E-state index in [1.54, 1.807) is 0 Å². The van der Waals surface area contributed by atoms with Crippen molar-refractivity contribution in [3.05, 3.63) is 30.3 Å². The van der Waals surface area contributed by atoms with Gasteiger partial charge in [-0.25, -0.2) is 9.37 Å². The number of nitrogens with zero attached hydrogens (tertiary/aromatic N) is 2. The maximum Gasteiger partial charge on any atom is 0.125 e. The largest absolute Gasteiger partial charge is 0.327 e. The Balaban J connectivity index is 2.03. The van der Waals surface area contributed by atoms with E-state index < -0.39 is 0 Å². The summed E-state index contributed by atoms with van der Waals surface area (Å²) in [5.41, 5.74) is 1.78. The molecule has 0 unspecified atom stereocenters. The molecule has 2 aromatic rings. The first kappa shape index (κ1) is 9.78. The van der Waals surface area contributed by atoms with Crippen LogP contribution in [-0.2, 0) is 0 Å². The van der Waals surface area contributed by atoms with Gasteiger partial charge in [-0.15, -0.1) is 0 Å². The van der Waals surface area contributed by atoms with Crippen LogP contribution in [0.5, 0.6) is 0 Å². The molecule has 1 aliphatic rings. The van der Waals surface area contributed by atoms with Crippen LogP contribution >= 0.6 is 0 Å². The fraction of sp³-hybridized carbons (Fsp3) is 0.417. The molecular formula is C12H14FN3. The van der Waals surface area contributed by atoms with E-state index in [2.05, 4.69) is 14.9 Å². The van der Waals surface area contributed by atoms with Gasteiger partial charge in [0.05, 0.1) is 17.4 Å². The lowest BCUT2D eigenvalue weighted by Gasteiger charge is -2.24. The summed E-state index contributed by atoms with van der Waals surface area (Å²) in [7, 11) is 0. The number of benzene rings is 1. The standard InChI is InChI=1S/C12H14FN3/c13-9-1-2-12-11(7-9)15-8-16(12)10-3-5-14-6-4-10/h1-2,7-8,10,14H,3-6H2. The molecule has 3 nitrogen and oxygen atoms in total. The lowest BCUT2D eigenvalue weighted by molar-refractivity contribution is 0.374. The van der Waals surface area contributed by atoms with Crippen LogP contribution in [0.15, 0.2) is 24.5 Å². The molecule has 16 heavy (non-hydrogen) atoms. The summed E-state index contributed by atoms with van der Waals surface area (Å²) in [5.74, 6) is -0.219. The smallest absolute Gasteiger partial charge is 0.125 e. The van der Waals surface area contributed by atoms with Gasteiger partial charge >= 0.3 is 0 Å². The van der Waals surface area contributed by atoms with Crippen molar-refractivity contribution in [3.8, 4) is 0 Å². The van der Waals surface area contributed by atoms with Crippen LogP contribution in [0.2, 0.25) is 0 Å². The molecule has 0 saturated carbocycles. The minimum absolute atomic E-state index is 0.219. The average Bonchev–Trinajstić information content (AvgIpc) is 2.73. The van der Waals surface area contributed by atoms with Gasteiger partial charge in [0.25, 0.3) is 0 Å². The third kappa shape index (κ3) is 1.59. The maximum atomic E-state index is 13.0. The van der Waals surface area contributed by atoms with Crippen LogP contribution in [0.4, 0.5) is 4.39 Å². The number of nitrogens with one attached hydrogen (secondary N) is 1. The molecule has 0 amide bonds. The minimum atomic E-state index is -0.219. The van der Waals surface area contributed by atoms with Crippen LogP contribution < -0.4 is 5.32 Å². The van der Waals surface area contributed by atoms with Gasteiger partial charge in [0, 0.05) is 12.1 Å². The Kier molecular flexibility index (Phi) is 2.36. The van der Waals surface area contributed by atoms with Crippen molar-refractivity contribution in [1.82, 2.24) is 14.9 Å². The first-order valence-corrected chi connectivity index (χ1v) is 5.67. The summed E-state index contributed by atoms with van der Waals surface area (Å²) in [4.78, 5) is 4.26. The molecule has 1 N–H and O–H groups in total. The molecule has 0 atom stereocenters. The molecule has 4 heteroatoms. The third-order valence-electron chi connectivity index (χ3n) is 3.24. The highest BCUT2D eigenvalue weighted by atomic mass is 19.1. The normalized spacial score (nSPS) is 18.1. The number of halogens is 1. The van der Waals surface area contributed by atoms with Crippen LogP contribution in [-0.4, -0.2) is 22.6 Å². The van der Waals surface area contributed by atoms with Crippen LogP contribution in [0.1, 0.15) is 18.9 Å². The fourth-order valence-corrected chi connectivity index (χ4v) is 2.38. The molecule has 0 bridgehead atoms. The van der Waals surface area contributed by atoms with E-state index in [-0.39, 0.29) is 5.82 Å². The summed E-state index contributed by atoms with van der Waals surface area (Å²) in [6.45, 7) is 2.09. The highest BCUT2D eigenvalue weighted by molar-refractivity contribution is 5.75. The lowest BCUT2D eigenvalue weighted by Crippen LogP contribution is -2.29. The van der Waals surface area contributed by atoms with Crippen LogP contribution in [0, 0.1) is 5.82 Å². The zero-order valence-corrected chi connectivity index (χ0v) is 8.99. The molecule has 2 heterocycles. The van der Waals surface area contributed by atoms with E-state index in [4.69, 9.17) is 0 Å².